The predicted molar refractivity (Wildman–Crippen MR) is 69.5 cm³/mol. The quantitative estimate of drug-likeness (QED) is 0.744. The molecule has 5 heteroatoms. The zero-order chi connectivity index (χ0) is 13.4. The van der Waals surface area contributed by atoms with Crippen LogP contribution in [-0.2, 0) is 4.79 Å². The van der Waals surface area contributed by atoms with Crippen LogP contribution in [0.2, 0.25) is 0 Å². The molecule has 0 saturated heterocycles. The van der Waals surface area contributed by atoms with E-state index in [-0.39, 0.29) is 6.42 Å². The molecule has 0 aromatic heterocycles. The number of nitrogens with one attached hydrogen (secondary N) is 1. The SMILES string of the molecule is CCOc1ccc(OCC)c(NCCC(=O)O)c1. The molecule has 0 heterocycles. The monoisotopic (exact) mass is 253 g/mol. The Balaban J connectivity index is 2.75. The maximum Gasteiger partial charge on any atom is 0.305 e. The van der Waals surface area contributed by atoms with Crippen LogP contribution in [0.1, 0.15) is 20.3 Å². The van der Waals surface area contributed by atoms with E-state index in [0.717, 1.165) is 11.4 Å². The zero-order valence-corrected chi connectivity index (χ0v) is 10.7. The number of carboxylic acid groups (broad SMARTS) is 1. The van der Waals surface area contributed by atoms with Crippen molar-refractivity contribution in [3.8, 4) is 11.5 Å². The van der Waals surface area contributed by atoms with Crippen LogP contribution in [-0.4, -0.2) is 30.8 Å². The van der Waals surface area contributed by atoms with Crippen molar-refractivity contribution in [2.45, 2.75) is 20.3 Å². The standard InChI is InChI=1S/C13H19NO4/c1-3-17-10-5-6-12(18-4-2)11(9-10)14-8-7-13(15)16/h5-6,9,14H,3-4,7-8H2,1-2H3,(H,15,16). The van der Waals surface area contributed by atoms with Crippen LogP contribution < -0.4 is 14.8 Å². The van der Waals surface area contributed by atoms with Gasteiger partial charge in [0.25, 0.3) is 0 Å². The summed E-state index contributed by atoms with van der Waals surface area (Å²) in [4.78, 5) is 10.5. The minimum atomic E-state index is -0.832. The van der Waals surface area contributed by atoms with E-state index in [1.807, 2.05) is 32.0 Å². The lowest BCUT2D eigenvalue weighted by Crippen LogP contribution is -2.09. The highest BCUT2D eigenvalue weighted by Gasteiger charge is 2.06. The molecule has 100 valence electrons. The first-order valence-electron chi connectivity index (χ1n) is 6.02. The number of anilines is 1. The minimum absolute atomic E-state index is 0.0599. The number of rotatable bonds is 8. The number of carboxylic acids is 1. The Morgan fingerprint density at radius 2 is 2.00 bits per heavy atom. The molecule has 5 nitrogen and oxygen atoms in total. The Kier molecular flexibility index (Phi) is 5.84. The number of hydrogen-bond donors (Lipinski definition) is 2. The number of aliphatic carboxylic acids is 1. The Morgan fingerprint density at radius 1 is 1.28 bits per heavy atom. The summed E-state index contributed by atoms with van der Waals surface area (Å²) in [6.45, 7) is 5.31. The van der Waals surface area contributed by atoms with Crippen molar-refractivity contribution in [3.05, 3.63) is 18.2 Å². The molecule has 0 aliphatic carbocycles. The van der Waals surface area contributed by atoms with Crippen LogP contribution in [0.5, 0.6) is 11.5 Å². The van der Waals surface area contributed by atoms with Gasteiger partial charge in [-0.3, -0.25) is 4.79 Å². The fourth-order valence-electron chi connectivity index (χ4n) is 1.49. The van der Waals surface area contributed by atoms with Gasteiger partial charge in [0.1, 0.15) is 11.5 Å². The number of hydrogen-bond acceptors (Lipinski definition) is 4. The van der Waals surface area contributed by atoms with Gasteiger partial charge in [-0.2, -0.15) is 0 Å². The lowest BCUT2D eigenvalue weighted by atomic mass is 10.2. The van der Waals surface area contributed by atoms with E-state index >= 15 is 0 Å². The topological polar surface area (TPSA) is 67.8 Å². The van der Waals surface area contributed by atoms with Crippen LogP contribution in [0, 0.1) is 0 Å². The van der Waals surface area contributed by atoms with Gasteiger partial charge in [-0.15, -0.1) is 0 Å². The largest absolute Gasteiger partial charge is 0.494 e. The second kappa shape index (κ2) is 7.42. The fraction of sp³-hybridized carbons (Fsp3) is 0.462. The number of benzene rings is 1. The molecular formula is C13H19NO4. The summed E-state index contributed by atoms with van der Waals surface area (Å²) in [5, 5.41) is 11.6. The van der Waals surface area contributed by atoms with Gasteiger partial charge in [0, 0.05) is 12.6 Å². The van der Waals surface area contributed by atoms with E-state index in [1.165, 1.54) is 0 Å². The molecule has 1 aromatic rings. The van der Waals surface area contributed by atoms with Gasteiger partial charge < -0.3 is 19.9 Å². The van der Waals surface area contributed by atoms with Crippen molar-refractivity contribution in [2.75, 3.05) is 25.1 Å². The third kappa shape index (κ3) is 4.53. The molecule has 0 bridgehead atoms. The Labute approximate surface area is 107 Å². The minimum Gasteiger partial charge on any atom is -0.494 e. The van der Waals surface area contributed by atoms with Crippen molar-refractivity contribution < 1.29 is 19.4 Å². The first kappa shape index (κ1) is 14.2. The summed E-state index contributed by atoms with van der Waals surface area (Å²) in [6, 6.07) is 5.46. The van der Waals surface area contributed by atoms with Gasteiger partial charge in [0.2, 0.25) is 0 Å². The fourth-order valence-corrected chi connectivity index (χ4v) is 1.49. The number of ether oxygens (including phenoxy) is 2. The molecule has 0 saturated carbocycles. The van der Waals surface area contributed by atoms with Gasteiger partial charge in [-0.1, -0.05) is 0 Å². The molecule has 0 radical (unpaired) electrons. The van der Waals surface area contributed by atoms with E-state index in [9.17, 15) is 4.79 Å². The molecule has 18 heavy (non-hydrogen) atoms. The summed E-state index contributed by atoms with van der Waals surface area (Å²) >= 11 is 0. The van der Waals surface area contributed by atoms with Gasteiger partial charge in [0.15, 0.2) is 0 Å². The average molecular weight is 253 g/mol. The summed E-state index contributed by atoms with van der Waals surface area (Å²) in [6.07, 6.45) is 0.0599. The van der Waals surface area contributed by atoms with Crippen LogP contribution in [0.15, 0.2) is 18.2 Å². The number of carbonyl (C=O) groups is 1. The Hall–Kier alpha value is -1.91. The van der Waals surface area contributed by atoms with Crippen LogP contribution in [0.4, 0.5) is 5.69 Å². The van der Waals surface area contributed by atoms with Crippen LogP contribution in [0.3, 0.4) is 0 Å². The molecular weight excluding hydrogens is 234 g/mol. The highest BCUT2D eigenvalue weighted by molar-refractivity contribution is 5.68. The van der Waals surface area contributed by atoms with Crippen LogP contribution >= 0.6 is 0 Å². The van der Waals surface area contributed by atoms with E-state index < -0.39 is 5.97 Å². The second-order valence-electron chi connectivity index (χ2n) is 3.59. The van der Waals surface area contributed by atoms with E-state index in [2.05, 4.69) is 5.32 Å². The molecule has 0 aliphatic heterocycles. The third-order valence-electron chi connectivity index (χ3n) is 2.22. The van der Waals surface area contributed by atoms with E-state index in [1.54, 1.807) is 0 Å². The predicted octanol–water partition coefficient (Wildman–Crippen LogP) is 2.37. The lowest BCUT2D eigenvalue weighted by Gasteiger charge is -2.13. The lowest BCUT2D eigenvalue weighted by molar-refractivity contribution is -0.136. The third-order valence-corrected chi connectivity index (χ3v) is 2.22. The smallest absolute Gasteiger partial charge is 0.305 e. The van der Waals surface area contributed by atoms with Crippen molar-refractivity contribution >= 4 is 11.7 Å². The summed E-state index contributed by atoms with van der Waals surface area (Å²) in [7, 11) is 0. The molecule has 1 aromatic carbocycles. The molecule has 0 unspecified atom stereocenters. The Bertz CT molecular complexity index is 393. The van der Waals surface area contributed by atoms with Crippen LogP contribution in [0.25, 0.3) is 0 Å². The normalized spacial score (nSPS) is 9.89. The summed E-state index contributed by atoms with van der Waals surface area (Å²) < 4.78 is 10.9. The first-order valence-corrected chi connectivity index (χ1v) is 6.02. The summed E-state index contributed by atoms with van der Waals surface area (Å²) in [5.41, 5.74) is 0.754. The van der Waals surface area contributed by atoms with Crippen molar-refractivity contribution in [2.24, 2.45) is 0 Å². The first-order chi connectivity index (χ1) is 8.67. The zero-order valence-electron chi connectivity index (χ0n) is 10.7. The summed E-state index contributed by atoms with van der Waals surface area (Å²) in [5.74, 6) is 0.603. The van der Waals surface area contributed by atoms with E-state index in [0.29, 0.717) is 25.5 Å². The average Bonchev–Trinajstić information content (AvgIpc) is 2.32. The maximum absolute atomic E-state index is 10.5. The van der Waals surface area contributed by atoms with Gasteiger partial charge in [-0.05, 0) is 26.0 Å². The van der Waals surface area contributed by atoms with Gasteiger partial charge in [0.05, 0.1) is 25.3 Å². The van der Waals surface area contributed by atoms with Crippen molar-refractivity contribution in [1.29, 1.82) is 0 Å². The van der Waals surface area contributed by atoms with Gasteiger partial charge in [-0.25, -0.2) is 0 Å². The second-order valence-corrected chi connectivity index (χ2v) is 3.59. The molecule has 0 amide bonds. The molecule has 0 atom stereocenters. The molecule has 0 aliphatic rings. The van der Waals surface area contributed by atoms with Gasteiger partial charge >= 0.3 is 5.97 Å². The highest BCUT2D eigenvalue weighted by Crippen LogP contribution is 2.29. The molecule has 1 rings (SSSR count). The van der Waals surface area contributed by atoms with E-state index in [4.69, 9.17) is 14.6 Å². The maximum atomic E-state index is 10.5. The molecule has 0 fully saturated rings. The molecule has 2 N–H and O–H groups in total. The highest BCUT2D eigenvalue weighted by atomic mass is 16.5. The van der Waals surface area contributed by atoms with Crippen molar-refractivity contribution in [1.82, 2.24) is 0 Å². The Morgan fingerprint density at radius 3 is 2.61 bits per heavy atom. The molecule has 0 spiro atoms. The van der Waals surface area contributed by atoms with Crippen molar-refractivity contribution in [3.63, 3.8) is 0 Å².